The first-order valence-electron chi connectivity index (χ1n) is 21.5. The van der Waals surface area contributed by atoms with Crippen molar-refractivity contribution in [3.63, 3.8) is 0 Å². The van der Waals surface area contributed by atoms with Gasteiger partial charge in [0, 0.05) is 50.0 Å². The second kappa shape index (κ2) is 22.0. The quantitative estimate of drug-likeness (QED) is 0.137. The van der Waals surface area contributed by atoms with Gasteiger partial charge in [-0.2, -0.15) is 0 Å². The molecule has 6 atom stereocenters. The lowest BCUT2D eigenvalue weighted by Gasteiger charge is -2.31. The molecule has 1 aromatic heterocycles. The number of amides is 7. The van der Waals surface area contributed by atoms with E-state index in [1.54, 1.807) is 6.20 Å². The van der Waals surface area contributed by atoms with E-state index in [0.29, 0.717) is 32.1 Å². The van der Waals surface area contributed by atoms with Crippen LogP contribution in [0.4, 0.5) is 0 Å². The van der Waals surface area contributed by atoms with Crippen molar-refractivity contribution in [2.45, 2.75) is 135 Å². The molecule has 3 aromatic rings. The number of nitrogens with zero attached hydrogens (tertiary/aromatic N) is 1. The first-order valence-corrected chi connectivity index (χ1v) is 21.5. The van der Waals surface area contributed by atoms with Gasteiger partial charge in [-0.05, 0) is 68.1 Å². The summed E-state index contributed by atoms with van der Waals surface area (Å²) in [5.74, 6) is -3.23. The molecule has 7 amide bonds. The maximum absolute atomic E-state index is 14.5. The standard InChI is InChI=1S/C45H62N8O7/c1-5-6-17-34-40(55)46-23-12-19-36(51-42(57)37(48-29(4)54)25-30-14-8-7-9-15-30)45(60)53-24-13-20-39(53)44(59)50-35(22-21-28(2)3)41(56)52-38(43(58)49-34)26-31-27-47-33-18-11-10-16-32(31)33/h7-11,14-16,18,27-28,34-39,47H,5-6,12-13,17,19-26H2,1-4H3,(H,46,55)(H,48,54)(H,49,58)(H,50,59)(H,51,57)(H,52,56)/t34-,35+,36-,37-,38-,39-/m0/s1. The fourth-order valence-corrected chi connectivity index (χ4v) is 7.97. The van der Waals surface area contributed by atoms with E-state index in [9.17, 15) is 33.6 Å². The molecule has 0 unspecified atom stereocenters. The van der Waals surface area contributed by atoms with Gasteiger partial charge < -0.3 is 41.8 Å². The Bertz CT molecular complexity index is 1970. The largest absolute Gasteiger partial charge is 0.361 e. The van der Waals surface area contributed by atoms with E-state index in [-0.39, 0.29) is 51.1 Å². The van der Waals surface area contributed by atoms with Crippen LogP contribution in [0.1, 0.15) is 96.6 Å². The van der Waals surface area contributed by atoms with Gasteiger partial charge in [0.15, 0.2) is 0 Å². The van der Waals surface area contributed by atoms with Gasteiger partial charge in [0.2, 0.25) is 41.4 Å². The van der Waals surface area contributed by atoms with Crippen LogP contribution in [0, 0.1) is 5.92 Å². The van der Waals surface area contributed by atoms with Crippen LogP contribution in [0.15, 0.2) is 60.8 Å². The van der Waals surface area contributed by atoms with E-state index < -0.39 is 77.6 Å². The summed E-state index contributed by atoms with van der Waals surface area (Å²) in [7, 11) is 0. The predicted molar refractivity (Wildman–Crippen MR) is 228 cm³/mol. The van der Waals surface area contributed by atoms with Gasteiger partial charge in [0.1, 0.15) is 36.3 Å². The molecule has 2 fully saturated rings. The highest BCUT2D eigenvalue weighted by Gasteiger charge is 2.40. The monoisotopic (exact) mass is 826 g/mol. The number of unbranched alkanes of at least 4 members (excludes halogenated alkanes) is 1. The van der Waals surface area contributed by atoms with Gasteiger partial charge in [-0.25, -0.2) is 0 Å². The highest BCUT2D eigenvalue weighted by molar-refractivity contribution is 5.97. The number of hydrogen-bond acceptors (Lipinski definition) is 7. The SMILES string of the molecule is CCCC[C@@H]1NC(=O)[C@H](Cc2c[nH]c3ccccc23)NC(=O)[C@@H](CCC(C)C)NC(=O)[C@@H]2CCCN2C(=O)[C@@H](NC(=O)[C@H](Cc2ccccc2)NC(C)=O)CCCNC1=O. The number of rotatable bonds is 13. The summed E-state index contributed by atoms with van der Waals surface area (Å²) in [5.41, 5.74) is 2.49. The Balaban J connectivity index is 1.45. The molecule has 0 aliphatic carbocycles. The molecule has 15 heteroatoms. The van der Waals surface area contributed by atoms with Crippen LogP contribution in [-0.4, -0.2) is 101 Å². The molecular formula is C45H62N8O7. The van der Waals surface area contributed by atoms with Gasteiger partial charge in [-0.15, -0.1) is 0 Å². The van der Waals surface area contributed by atoms with Crippen LogP contribution >= 0.6 is 0 Å². The number of aromatic amines is 1. The van der Waals surface area contributed by atoms with Crippen LogP contribution < -0.4 is 31.9 Å². The number of hydrogen-bond donors (Lipinski definition) is 7. The lowest BCUT2D eigenvalue weighted by atomic mass is 10.00. The van der Waals surface area contributed by atoms with Crippen molar-refractivity contribution in [1.29, 1.82) is 0 Å². The van der Waals surface area contributed by atoms with Crippen molar-refractivity contribution in [2.24, 2.45) is 5.92 Å². The Labute approximate surface area is 352 Å². The number of H-pyrrole nitrogens is 1. The summed E-state index contributed by atoms with van der Waals surface area (Å²) >= 11 is 0. The molecular weight excluding hydrogens is 765 g/mol. The minimum absolute atomic E-state index is 0.117. The molecule has 324 valence electrons. The van der Waals surface area contributed by atoms with Crippen molar-refractivity contribution in [3.8, 4) is 0 Å². The molecule has 2 aliphatic rings. The van der Waals surface area contributed by atoms with Crippen molar-refractivity contribution in [1.82, 2.24) is 41.8 Å². The number of nitrogens with one attached hydrogen (secondary N) is 7. The number of benzene rings is 2. The second-order valence-electron chi connectivity index (χ2n) is 16.5. The lowest BCUT2D eigenvalue weighted by molar-refractivity contribution is -0.142. The Morgan fingerprint density at radius 1 is 0.817 bits per heavy atom. The van der Waals surface area contributed by atoms with E-state index in [4.69, 9.17) is 0 Å². The van der Waals surface area contributed by atoms with Crippen molar-refractivity contribution in [2.75, 3.05) is 13.1 Å². The summed E-state index contributed by atoms with van der Waals surface area (Å²) in [6.45, 7) is 7.72. The van der Waals surface area contributed by atoms with Crippen molar-refractivity contribution in [3.05, 3.63) is 71.9 Å². The zero-order chi connectivity index (χ0) is 43.2. The third-order valence-electron chi connectivity index (χ3n) is 11.3. The fraction of sp³-hybridized carbons (Fsp3) is 0.533. The number of carbonyl (C=O) groups is 7. The lowest BCUT2D eigenvalue weighted by Crippen LogP contribution is -2.60. The number of para-hydroxylation sites is 1. The summed E-state index contributed by atoms with van der Waals surface area (Å²) in [6, 6.07) is 10.9. The third kappa shape index (κ3) is 12.6. The Hall–Kier alpha value is -5.73. The van der Waals surface area contributed by atoms with Gasteiger partial charge in [-0.3, -0.25) is 33.6 Å². The van der Waals surface area contributed by atoms with Crippen LogP contribution in [0.3, 0.4) is 0 Å². The molecule has 0 radical (unpaired) electrons. The maximum atomic E-state index is 14.5. The molecule has 2 aromatic carbocycles. The third-order valence-corrected chi connectivity index (χ3v) is 11.3. The minimum atomic E-state index is -1.09. The summed E-state index contributed by atoms with van der Waals surface area (Å²) < 4.78 is 0. The summed E-state index contributed by atoms with van der Waals surface area (Å²) in [4.78, 5) is 102. The van der Waals surface area contributed by atoms with Crippen LogP contribution in [0.25, 0.3) is 10.9 Å². The smallest absolute Gasteiger partial charge is 0.245 e. The highest BCUT2D eigenvalue weighted by atomic mass is 16.2. The molecule has 7 N–H and O–H groups in total. The first kappa shape index (κ1) is 45.4. The predicted octanol–water partition coefficient (Wildman–Crippen LogP) is 2.92. The van der Waals surface area contributed by atoms with Crippen molar-refractivity contribution < 1.29 is 33.6 Å². The van der Waals surface area contributed by atoms with E-state index in [2.05, 4.69) is 36.9 Å². The van der Waals surface area contributed by atoms with Gasteiger partial charge >= 0.3 is 0 Å². The summed E-state index contributed by atoms with van der Waals surface area (Å²) in [6.07, 6.45) is 6.04. The normalized spacial score (nSPS) is 22.8. The van der Waals surface area contributed by atoms with Gasteiger partial charge in [-0.1, -0.05) is 82.1 Å². The zero-order valence-electron chi connectivity index (χ0n) is 35.3. The molecule has 2 aliphatic heterocycles. The number of fused-ring (bicyclic) bond motifs is 2. The molecule has 0 bridgehead atoms. The maximum Gasteiger partial charge on any atom is 0.245 e. The highest BCUT2D eigenvalue weighted by Crippen LogP contribution is 2.22. The van der Waals surface area contributed by atoms with Crippen LogP contribution in [0.2, 0.25) is 0 Å². The van der Waals surface area contributed by atoms with Crippen LogP contribution in [0.5, 0.6) is 0 Å². The fourth-order valence-electron chi connectivity index (χ4n) is 7.97. The number of aromatic nitrogens is 1. The van der Waals surface area contributed by atoms with E-state index >= 15 is 0 Å². The van der Waals surface area contributed by atoms with Crippen molar-refractivity contribution >= 4 is 52.3 Å². The molecule has 15 nitrogen and oxygen atoms in total. The average molecular weight is 827 g/mol. The zero-order valence-corrected chi connectivity index (χ0v) is 35.3. The Morgan fingerprint density at radius 3 is 2.23 bits per heavy atom. The minimum Gasteiger partial charge on any atom is -0.361 e. The molecule has 60 heavy (non-hydrogen) atoms. The van der Waals surface area contributed by atoms with Crippen LogP contribution in [-0.2, 0) is 46.4 Å². The first-order chi connectivity index (χ1) is 28.8. The molecule has 2 saturated heterocycles. The average Bonchev–Trinajstić information content (AvgIpc) is 3.89. The molecule has 0 spiro atoms. The van der Waals surface area contributed by atoms with Gasteiger partial charge in [0.05, 0.1) is 0 Å². The second-order valence-corrected chi connectivity index (χ2v) is 16.5. The van der Waals surface area contributed by atoms with Gasteiger partial charge in [0.25, 0.3) is 0 Å². The Kier molecular flexibility index (Phi) is 16.7. The molecule has 3 heterocycles. The molecule has 5 rings (SSSR count). The van der Waals surface area contributed by atoms with E-state index in [1.807, 2.05) is 75.4 Å². The van der Waals surface area contributed by atoms with E-state index in [0.717, 1.165) is 28.5 Å². The Morgan fingerprint density at radius 2 is 1.50 bits per heavy atom. The van der Waals surface area contributed by atoms with E-state index in [1.165, 1.54) is 11.8 Å². The summed E-state index contributed by atoms with van der Waals surface area (Å²) in [5, 5.41) is 18.2. The topological polar surface area (TPSA) is 211 Å². The molecule has 0 saturated carbocycles. The number of carbonyl (C=O) groups excluding carboxylic acids is 7.